The quantitative estimate of drug-likeness (QED) is 0.564. The number of carbonyl (C=O) groups excluding carboxylic acids is 4. The van der Waals surface area contributed by atoms with Crippen molar-refractivity contribution in [3.63, 3.8) is 0 Å². The second-order valence-electron chi connectivity index (χ2n) is 14.0. The van der Waals surface area contributed by atoms with Crippen molar-refractivity contribution in [1.82, 2.24) is 15.1 Å². The molecule has 3 atom stereocenters. The number of nitrogens with one attached hydrogen (secondary N) is 1. The van der Waals surface area contributed by atoms with E-state index in [0.29, 0.717) is 42.7 Å². The van der Waals surface area contributed by atoms with Crippen molar-refractivity contribution in [3.05, 3.63) is 29.8 Å². The number of Topliss-reactive ketones (excluding diaryl/α,β-unsaturated/α-hetero) is 1. The van der Waals surface area contributed by atoms with Crippen molar-refractivity contribution in [1.29, 1.82) is 0 Å². The molecule has 7 rings (SSSR count). The summed E-state index contributed by atoms with van der Waals surface area (Å²) in [6.07, 6.45) is 7.82. The zero-order valence-corrected chi connectivity index (χ0v) is 24.4. The summed E-state index contributed by atoms with van der Waals surface area (Å²) in [6, 6.07) is 5.73. The maximum atomic E-state index is 14.1. The molecule has 6 fully saturated rings. The molecule has 4 aliphatic carbocycles. The Morgan fingerprint density at radius 3 is 2.12 bits per heavy atom. The molecule has 8 heteroatoms. The minimum atomic E-state index is -0.722. The summed E-state index contributed by atoms with van der Waals surface area (Å²) in [5.41, 5.74) is 1.19. The van der Waals surface area contributed by atoms with Gasteiger partial charge in [0.15, 0.2) is 5.78 Å². The van der Waals surface area contributed by atoms with E-state index in [1.807, 2.05) is 49.9 Å². The van der Waals surface area contributed by atoms with Crippen LogP contribution in [0.5, 0.6) is 0 Å². The molecule has 40 heavy (non-hydrogen) atoms. The summed E-state index contributed by atoms with van der Waals surface area (Å²) < 4.78 is 0. The van der Waals surface area contributed by atoms with Crippen molar-refractivity contribution in [2.75, 3.05) is 32.1 Å². The lowest BCUT2D eigenvalue weighted by Crippen LogP contribution is -2.56. The summed E-state index contributed by atoms with van der Waals surface area (Å²) in [6.45, 7) is 4.60. The van der Waals surface area contributed by atoms with Crippen molar-refractivity contribution in [3.8, 4) is 0 Å². The molecule has 0 radical (unpaired) electrons. The SMILES string of the molecule is CC(C)C[C@H](NC(=O)c1ccc(N(C)C)cc1)C(=O)N1CCC2C1C(=O)CN2C(=O)C12CC3CC(CC(C3)C1)C2. The standard InChI is InChI=1S/C32H44N4O4/c1-19(2)11-25(33-29(38)23-5-7-24(8-6-23)34(3)4)30(39)35-10-9-26-28(35)27(37)18-36(26)31(40)32-15-20-12-21(16-32)14-22(13-20)17-32/h5-8,19-22,25-26,28H,9-18H2,1-4H3,(H,33,38)/t20?,21?,22?,25-,26?,28?,32?/m0/s1. The van der Waals surface area contributed by atoms with Crippen molar-refractivity contribution in [2.24, 2.45) is 29.1 Å². The summed E-state index contributed by atoms with van der Waals surface area (Å²) >= 11 is 0. The lowest BCUT2D eigenvalue weighted by atomic mass is 9.49. The number of benzene rings is 1. The first-order valence-electron chi connectivity index (χ1n) is 15.3. The Hall–Kier alpha value is -2.90. The first kappa shape index (κ1) is 27.3. The summed E-state index contributed by atoms with van der Waals surface area (Å²) in [4.78, 5) is 60.1. The maximum absolute atomic E-state index is 14.1. The Kier molecular flexibility index (Phi) is 6.94. The van der Waals surface area contributed by atoms with Gasteiger partial charge in [0.1, 0.15) is 12.1 Å². The number of carbonyl (C=O) groups is 4. The van der Waals surface area contributed by atoms with Crippen LogP contribution in [0.3, 0.4) is 0 Å². The molecule has 4 saturated carbocycles. The highest BCUT2D eigenvalue weighted by Gasteiger charge is 2.59. The first-order valence-corrected chi connectivity index (χ1v) is 15.3. The molecule has 2 aliphatic heterocycles. The van der Waals surface area contributed by atoms with Gasteiger partial charge in [-0.15, -0.1) is 0 Å². The molecule has 1 aromatic carbocycles. The van der Waals surface area contributed by atoms with E-state index in [2.05, 4.69) is 5.32 Å². The predicted molar refractivity (Wildman–Crippen MR) is 153 cm³/mol. The van der Waals surface area contributed by atoms with Crippen molar-refractivity contribution >= 4 is 29.2 Å². The summed E-state index contributed by atoms with van der Waals surface area (Å²) in [5.74, 6) is 1.78. The van der Waals surface area contributed by atoms with Gasteiger partial charge in [-0.1, -0.05) is 13.8 Å². The Bertz CT molecular complexity index is 1160. The molecule has 6 aliphatic rings. The molecule has 2 saturated heterocycles. The van der Waals surface area contributed by atoms with Gasteiger partial charge in [0.25, 0.3) is 5.91 Å². The minimum absolute atomic E-state index is 0.0390. The molecule has 1 aromatic rings. The van der Waals surface area contributed by atoms with E-state index < -0.39 is 12.1 Å². The Morgan fingerprint density at radius 1 is 0.975 bits per heavy atom. The molecule has 3 amide bonds. The zero-order valence-electron chi connectivity index (χ0n) is 24.4. The third kappa shape index (κ3) is 4.71. The molecule has 216 valence electrons. The van der Waals surface area contributed by atoms with Crippen molar-refractivity contribution < 1.29 is 19.2 Å². The first-order chi connectivity index (χ1) is 19.0. The number of ketones is 1. The lowest BCUT2D eigenvalue weighted by Gasteiger charge is -2.56. The van der Waals surface area contributed by atoms with Gasteiger partial charge in [-0.05, 0) is 99.3 Å². The second-order valence-corrected chi connectivity index (χ2v) is 14.0. The van der Waals surface area contributed by atoms with Crippen LogP contribution in [0.1, 0.15) is 75.6 Å². The number of rotatable bonds is 7. The van der Waals surface area contributed by atoms with Crippen LogP contribution in [0.15, 0.2) is 24.3 Å². The monoisotopic (exact) mass is 548 g/mol. The number of anilines is 1. The van der Waals surface area contributed by atoms with Crippen LogP contribution in [-0.2, 0) is 14.4 Å². The van der Waals surface area contributed by atoms with E-state index >= 15 is 0 Å². The van der Waals surface area contributed by atoms with E-state index in [-0.39, 0.29) is 47.4 Å². The Morgan fingerprint density at radius 2 is 1.57 bits per heavy atom. The third-order valence-electron chi connectivity index (χ3n) is 10.4. The van der Waals surface area contributed by atoms with Crippen LogP contribution < -0.4 is 10.2 Å². The van der Waals surface area contributed by atoms with Gasteiger partial charge in [-0.2, -0.15) is 0 Å². The molecule has 0 aromatic heterocycles. The van der Waals surface area contributed by atoms with Gasteiger partial charge < -0.3 is 20.0 Å². The largest absolute Gasteiger partial charge is 0.378 e. The fraction of sp³-hybridized carbons (Fsp3) is 0.688. The van der Waals surface area contributed by atoms with Crippen LogP contribution in [-0.4, -0.2) is 78.6 Å². The topological polar surface area (TPSA) is 90.0 Å². The Labute approximate surface area is 237 Å². The van der Waals surface area contributed by atoms with Gasteiger partial charge in [0.2, 0.25) is 11.8 Å². The summed E-state index contributed by atoms with van der Waals surface area (Å²) in [7, 11) is 3.88. The predicted octanol–water partition coefficient (Wildman–Crippen LogP) is 3.49. The number of amides is 3. The smallest absolute Gasteiger partial charge is 0.251 e. The van der Waals surface area contributed by atoms with Crippen molar-refractivity contribution in [2.45, 2.75) is 83.3 Å². The second kappa shape index (κ2) is 10.2. The number of fused-ring (bicyclic) bond motifs is 1. The molecular weight excluding hydrogens is 504 g/mol. The maximum Gasteiger partial charge on any atom is 0.251 e. The van der Waals surface area contributed by atoms with Gasteiger partial charge in [-0.25, -0.2) is 0 Å². The van der Waals surface area contributed by atoms with Crippen LogP contribution in [0, 0.1) is 29.1 Å². The molecule has 2 unspecified atom stereocenters. The van der Waals surface area contributed by atoms with Crippen LogP contribution >= 0.6 is 0 Å². The highest BCUT2D eigenvalue weighted by Crippen LogP contribution is 2.61. The van der Waals surface area contributed by atoms with Gasteiger partial charge in [0, 0.05) is 31.9 Å². The molecule has 8 nitrogen and oxygen atoms in total. The number of likely N-dealkylation sites (tertiary alicyclic amines) is 2. The van der Waals surface area contributed by atoms with E-state index in [1.165, 1.54) is 19.3 Å². The van der Waals surface area contributed by atoms with Crippen LogP contribution in [0.4, 0.5) is 5.69 Å². The average molecular weight is 549 g/mol. The Balaban J connectivity index is 1.17. The third-order valence-corrected chi connectivity index (χ3v) is 10.4. The number of hydrogen-bond donors (Lipinski definition) is 1. The fourth-order valence-electron chi connectivity index (χ4n) is 9.06. The van der Waals surface area contributed by atoms with Gasteiger partial charge in [0.05, 0.1) is 18.0 Å². The zero-order chi connectivity index (χ0) is 28.3. The number of nitrogens with zero attached hydrogens (tertiary/aromatic N) is 3. The highest BCUT2D eigenvalue weighted by molar-refractivity contribution is 6.01. The van der Waals surface area contributed by atoms with E-state index in [0.717, 1.165) is 24.9 Å². The van der Waals surface area contributed by atoms with E-state index in [4.69, 9.17) is 0 Å². The van der Waals surface area contributed by atoms with Crippen LogP contribution in [0.2, 0.25) is 0 Å². The summed E-state index contributed by atoms with van der Waals surface area (Å²) in [5, 5.41) is 2.97. The highest BCUT2D eigenvalue weighted by atomic mass is 16.2. The molecule has 2 heterocycles. The number of hydrogen-bond acceptors (Lipinski definition) is 5. The molecular formula is C32H44N4O4. The normalized spacial score (nSPS) is 32.9. The van der Waals surface area contributed by atoms with E-state index in [1.54, 1.807) is 17.0 Å². The average Bonchev–Trinajstić information content (AvgIpc) is 3.47. The molecule has 0 spiro atoms. The molecule has 4 bridgehead atoms. The lowest BCUT2D eigenvalue weighted by molar-refractivity contribution is -0.159. The molecule has 1 N–H and O–H groups in total. The van der Waals surface area contributed by atoms with Gasteiger partial charge in [-0.3, -0.25) is 19.2 Å². The minimum Gasteiger partial charge on any atom is -0.378 e. The van der Waals surface area contributed by atoms with E-state index in [9.17, 15) is 19.2 Å². The van der Waals surface area contributed by atoms with Crippen LogP contribution in [0.25, 0.3) is 0 Å². The fourth-order valence-corrected chi connectivity index (χ4v) is 9.06. The van der Waals surface area contributed by atoms with Gasteiger partial charge >= 0.3 is 0 Å².